The number of nitrogens with zero attached hydrogens (tertiary/aromatic N) is 2. The standard InChI is InChI=1S/C8H11N3/c1-9-6-7-4-3-5-11-8(7)10-2/h3-6H,1-2H3,(H,10,11). The number of nitrogens with one attached hydrogen (secondary N) is 1. The normalized spacial score (nSPS) is 10.4. The van der Waals surface area contributed by atoms with Crippen LogP contribution in [0.25, 0.3) is 0 Å². The average Bonchev–Trinajstić information content (AvgIpc) is 2.06. The third-order valence-corrected chi connectivity index (χ3v) is 1.34. The molecule has 0 bridgehead atoms. The van der Waals surface area contributed by atoms with Crippen LogP contribution in [-0.2, 0) is 0 Å². The smallest absolute Gasteiger partial charge is 0.134 e. The van der Waals surface area contributed by atoms with Crippen LogP contribution in [0.4, 0.5) is 5.82 Å². The van der Waals surface area contributed by atoms with E-state index in [-0.39, 0.29) is 0 Å². The third-order valence-electron chi connectivity index (χ3n) is 1.34. The van der Waals surface area contributed by atoms with Gasteiger partial charge in [-0.25, -0.2) is 4.98 Å². The van der Waals surface area contributed by atoms with Gasteiger partial charge in [0.25, 0.3) is 0 Å². The Morgan fingerprint density at radius 1 is 1.64 bits per heavy atom. The minimum atomic E-state index is 0.859. The largest absolute Gasteiger partial charge is 0.373 e. The number of aromatic nitrogens is 1. The summed E-state index contributed by atoms with van der Waals surface area (Å²) >= 11 is 0. The van der Waals surface area contributed by atoms with Crippen molar-refractivity contribution in [2.75, 3.05) is 19.4 Å². The van der Waals surface area contributed by atoms with E-state index in [9.17, 15) is 0 Å². The Balaban J connectivity index is 3.02. The molecule has 0 saturated carbocycles. The van der Waals surface area contributed by atoms with E-state index < -0.39 is 0 Å². The summed E-state index contributed by atoms with van der Waals surface area (Å²) in [4.78, 5) is 8.02. The molecule has 0 unspecified atom stereocenters. The van der Waals surface area contributed by atoms with Crippen molar-refractivity contribution in [3.05, 3.63) is 23.9 Å². The Bertz CT molecular complexity index is 255. The predicted octanol–water partition coefficient (Wildman–Crippen LogP) is 1.17. The summed E-state index contributed by atoms with van der Waals surface area (Å²) in [7, 11) is 3.59. The number of anilines is 1. The van der Waals surface area contributed by atoms with Gasteiger partial charge in [-0.2, -0.15) is 0 Å². The molecule has 0 spiro atoms. The molecule has 3 heteroatoms. The maximum atomic E-state index is 4.11. The van der Waals surface area contributed by atoms with E-state index in [1.807, 2.05) is 19.2 Å². The van der Waals surface area contributed by atoms with Gasteiger partial charge in [0.15, 0.2) is 0 Å². The van der Waals surface area contributed by atoms with Crippen LogP contribution in [0.3, 0.4) is 0 Å². The molecule has 0 aliphatic rings. The fourth-order valence-electron chi connectivity index (χ4n) is 0.870. The summed E-state index contributed by atoms with van der Waals surface area (Å²) in [6, 6.07) is 3.85. The Kier molecular flexibility index (Phi) is 2.60. The van der Waals surface area contributed by atoms with Crippen molar-refractivity contribution in [3.63, 3.8) is 0 Å². The van der Waals surface area contributed by atoms with Gasteiger partial charge >= 0.3 is 0 Å². The number of pyridine rings is 1. The summed E-state index contributed by atoms with van der Waals surface area (Å²) in [5.41, 5.74) is 1.01. The Hall–Kier alpha value is -1.38. The second-order valence-corrected chi connectivity index (χ2v) is 2.08. The number of aliphatic imine (C=N–C) groups is 1. The molecule has 0 aromatic carbocycles. The van der Waals surface area contributed by atoms with Gasteiger partial charge in [0.2, 0.25) is 0 Å². The first-order chi connectivity index (χ1) is 5.38. The van der Waals surface area contributed by atoms with E-state index in [1.54, 1.807) is 19.5 Å². The van der Waals surface area contributed by atoms with E-state index in [0.717, 1.165) is 11.4 Å². The van der Waals surface area contributed by atoms with E-state index >= 15 is 0 Å². The molecule has 1 rings (SSSR count). The molecule has 0 aliphatic heterocycles. The van der Waals surface area contributed by atoms with Crippen LogP contribution in [-0.4, -0.2) is 25.3 Å². The van der Waals surface area contributed by atoms with Gasteiger partial charge in [-0.15, -0.1) is 0 Å². The summed E-state index contributed by atoms with van der Waals surface area (Å²) in [5.74, 6) is 0.859. The topological polar surface area (TPSA) is 37.3 Å². The fourth-order valence-corrected chi connectivity index (χ4v) is 0.870. The van der Waals surface area contributed by atoms with Crippen molar-refractivity contribution in [2.45, 2.75) is 0 Å². The van der Waals surface area contributed by atoms with E-state index in [0.29, 0.717) is 0 Å². The number of hydrogen-bond donors (Lipinski definition) is 1. The van der Waals surface area contributed by atoms with Gasteiger partial charge in [-0.1, -0.05) is 0 Å². The highest BCUT2D eigenvalue weighted by atomic mass is 15.0. The van der Waals surface area contributed by atoms with Crippen LogP contribution in [0.15, 0.2) is 23.3 Å². The average molecular weight is 149 g/mol. The fraction of sp³-hybridized carbons (Fsp3) is 0.250. The van der Waals surface area contributed by atoms with Crippen molar-refractivity contribution in [1.29, 1.82) is 0 Å². The molecule has 58 valence electrons. The van der Waals surface area contributed by atoms with Crippen molar-refractivity contribution in [2.24, 2.45) is 4.99 Å². The lowest BCUT2D eigenvalue weighted by Crippen LogP contribution is -1.96. The van der Waals surface area contributed by atoms with E-state index in [1.165, 1.54) is 0 Å². The predicted molar refractivity (Wildman–Crippen MR) is 47.3 cm³/mol. The van der Waals surface area contributed by atoms with Crippen LogP contribution in [0.2, 0.25) is 0 Å². The van der Waals surface area contributed by atoms with Crippen LogP contribution in [0.1, 0.15) is 5.56 Å². The summed E-state index contributed by atoms with van der Waals surface area (Å²) in [6.45, 7) is 0. The highest BCUT2D eigenvalue weighted by molar-refractivity contribution is 5.85. The summed E-state index contributed by atoms with van der Waals surface area (Å²) in [5, 5.41) is 2.98. The Labute approximate surface area is 66.2 Å². The van der Waals surface area contributed by atoms with Crippen LogP contribution in [0.5, 0.6) is 0 Å². The molecule has 1 aromatic rings. The molecule has 1 heterocycles. The number of hydrogen-bond acceptors (Lipinski definition) is 3. The van der Waals surface area contributed by atoms with E-state index in [4.69, 9.17) is 0 Å². The highest BCUT2D eigenvalue weighted by Crippen LogP contribution is 2.06. The zero-order chi connectivity index (χ0) is 8.10. The lowest BCUT2D eigenvalue weighted by atomic mass is 10.3. The van der Waals surface area contributed by atoms with Crippen molar-refractivity contribution in [3.8, 4) is 0 Å². The molecule has 11 heavy (non-hydrogen) atoms. The van der Waals surface area contributed by atoms with Crippen molar-refractivity contribution < 1.29 is 0 Å². The maximum absolute atomic E-state index is 4.11. The van der Waals surface area contributed by atoms with Gasteiger partial charge < -0.3 is 5.32 Å². The molecular formula is C8H11N3. The molecule has 0 radical (unpaired) electrons. The van der Waals surface area contributed by atoms with Crippen molar-refractivity contribution >= 4 is 12.0 Å². The Morgan fingerprint density at radius 3 is 3.09 bits per heavy atom. The molecule has 0 saturated heterocycles. The molecule has 0 aliphatic carbocycles. The maximum Gasteiger partial charge on any atom is 0.134 e. The van der Waals surface area contributed by atoms with Crippen molar-refractivity contribution in [1.82, 2.24) is 4.98 Å². The van der Waals surface area contributed by atoms with Crippen LogP contribution in [0, 0.1) is 0 Å². The summed E-state index contributed by atoms with van der Waals surface area (Å²) < 4.78 is 0. The first-order valence-electron chi connectivity index (χ1n) is 3.43. The van der Waals surface area contributed by atoms with Gasteiger partial charge in [0.1, 0.15) is 5.82 Å². The monoisotopic (exact) mass is 149 g/mol. The zero-order valence-electron chi connectivity index (χ0n) is 6.70. The molecule has 1 N–H and O–H groups in total. The van der Waals surface area contributed by atoms with E-state index in [2.05, 4.69) is 15.3 Å². The quantitative estimate of drug-likeness (QED) is 0.641. The molecule has 3 nitrogen and oxygen atoms in total. The lowest BCUT2D eigenvalue weighted by molar-refractivity contribution is 1.28. The molecule has 0 amide bonds. The van der Waals surface area contributed by atoms with Gasteiger partial charge in [-0.3, -0.25) is 4.99 Å². The SMILES string of the molecule is CN=Cc1cccnc1NC. The highest BCUT2D eigenvalue weighted by Gasteiger charge is 1.94. The second kappa shape index (κ2) is 3.71. The first kappa shape index (κ1) is 7.72. The molecule has 0 atom stereocenters. The van der Waals surface area contributed by atoms with Gasteiger partial charge in [0, 0.05) is 32.1 Å². The minimum Gasteiger partial charge on any atom is -0.373 e. The third kappa shape index (κ3) is 1.77. The van der Waals surface area contributed by atoms with Crippen LogP contribution < -0.4 is 5.32 Å². The van der Waals surface area contributed by atoms with Gasteiger partial charge in [-0.05, 0) is 12.1 Å². The van der Waals surface area contributed by atoms with Gasteiger partial charge in [0.05, 0.1) is 0 Å². The summed E-state index contributed by atoms with van der Waals surface area (Å²) in [6.07, 6.45) is 3.53. The number of rotatable bonds is 2. The molecule has 1 aromatic heterocycles. The lowest BCUT2D eigenvalue weighted by Gasteiger charge is -2.00. The zero-order valence-corrected chi connectivity index (χ0v) is 6.70. The second-order valence-electron chi connectivity index (χ2n) is 2.08. The first-order valence-corrected chi connectivity index (χ1v) is 3.43. The van der Waals surface area contributed by atoms with Crippen LogP contribution >= 0.6 is 0 Å². The minimum absolute atomic E-state index is 0.859. The Morgan fingerprint density at radius 2 is 2.45 bits per heavy atom. The molecule has 0 fully saturated rings. The molecular weight excluding hydrogens is 138 g/mol.